The lowest BCUT2D eigenvalue weighted by atomic mass is 9.81. The first-order valence-corrected chi connectivity index (χ1v) is 6.16. The highest BCUT2D eigenvalue weighted by Gasteiger charge is 2.32. The van der Waals surface area contributed by atoms with Crippen LogP contribution in [-0.2, 0) is 0 Å². The van der Waals surface area contributed by atoms with Crippen molar-refractivity contribution in [1.82, 2.24) is 10.2 Å². The highest BCUT2D eigenvalue weighted by atomic mass is 15.1. The number of likely N-dealkylation sites (tertiary alicyclic amines) is 1. The Balaban J connectivity index is 2.60. The van der Waals surface area contributed by atoms with E-state index in [9.17, 15) is 0 Å². The van der Waals surface area contributed by atoms with Gasteiger partial charge in [-0.1, -0.05) is 13.8 Å². The number of hydrogen-bond acceptors (Lipinski definition) is 3. The van der Waals surface area contributed by atoms with E-state index in [4.69, 9.17) is 5.73 Å². The van der Waals surface area contributed by atoms with Crippen molar-refractivity contribution in [2.45, 2.75) is 26.3 Å². The zero-order chi connectivity index (χ0) is 11.4. The van der Waals surface area contributed by atoms with E-state index in [1.807, 2.05) is 0 Å². The van der Waals surface area contributed by atoms with Gasteiger partial charge >= 0.3 is 0 Å². The van der Waals surface area contributed by atoms with Gasteiger partial charge in [0, 0.05) is 12.6 Å². The van der Waals surface area contributed by atoms with Crippen LogP contribution in [0.2, 0.25) is 0 Å². The summed E-state index contributed by atoms with van der Waals surface area (Å²) in [5, 5.41) is 3.49. The number of rotatable bonds is 5. The van der Waals surface area contributed by atoms with Gasteiger partial charge in [0.15, 0.2) is 0 Å². The molecule has 0 spiro atoms. The molecule has 15 heavy (non-hydrogen) atoms. The van der Waals surface area contributed by atoms with Crippen LogP contribution >= 0.6 is 0 Å². The van der Waals surface area contributed by atoms with Crippen molar-refractivity contribution in [2.75, 3.05) is 33.7 Å². The second-order valence-corrected chi connectivity index (χ2v) is 5.27. The molecule has 3 atom stereocenters. The lowest BCUT2D eigenvalue weighted by molar-refractivity contribution is 0.222. The molecule has 0 aliphatic carbocycles. The summed E-state index contributed by atoms with van der Waals surface area (Å²) in [5.41, 5.74) is 5.90. The molecule has 3 unspecified atom stereocenters. The van der Waals surface area contributed by atoms with Gasteiger partial charge in [0.1, 0.15) is 0 Å². The smallest absolute Gasteiger partial charge is 0.0148 e. The number of hydrogen-bond donors (Lipinski definition) is 2. The van der Waals surface area contributed by atoms with E-state index in [1.54, 1.807) is 0 Å². The summed E-state index contributed by atoms with van der Waals surface area (Å²) in [4.78, 5) is 2.42. The third-order valence-electron chi connectivity index (χ3n) is 3.86. The van der Waals surface area contributed by atoms with E-state index in [2.05, 4.69) is 38.2 Å². The SMILES string of the molecule is CNC(C1CCN(C)C1)C(CN)C(C)C. The summed E-state index contributed by atoms with van der Waals surface area (Å²) in [6.45, 7) is 7.80. The number of nitrogens with zero attached hydrogens (tertiary/aromatic N) is 1. The Morgan fingerprint density at radius 1 is 1.47 bits per heavy atom. The van der Waals surface area contributed by atoms with Crippen molar-refractivity contribution in [3.63, 3.8) is 0 Å². The first kappa shape index (κ1) is 12.9. The third kappa shape index (κ3) is 3.16. The maximum absolute atomic E-state index is 5.90. The van der Waals surface area contributed by atoms with Crippen LogP contribution in [0.15, 0.2) is 0 Å². The monoisotopic (exact) mass is 213 g/mol. The van der Waals surface area contributed by atoms with Crippen LogP contribution in [0.1, 0.15) is 20.3 Å². The molecule has 1 rings (SSSR count). The Morgan fingerprint density at radius 3 is 2.47 bits per heavy atom. The summed E-state index contributed by atoms with van der Waals surface area (Å²) in [5.74, 6) is 2.04. The third-order valence-corrected chi connectivity index (χ3v) is 3.86. The summed E-state index contributed by atoms with van der Waals surface area (Å²) in [7, 11) is 4.29. The molecule has 3 nitrogen and oxygen atoms in total. The highest BCUT2D eigenvalue weighted by Crippen LogP contribution is 2.26. The molecule has 1 aliphatic heterocycles. The summed E-state index contributed by atoms with van der Waals surface area (Å²) < 4.78 is 0. The molecule has 0 radical (unpaired) electrons. The zero-order valence-electron chi connectivity index (χ0n) is 10.7. The van der Waals surface area contributed by atoms with Crippen LogP contribution in [0, 0.1) is 17.8 Å². The minimum atomic E-state index is 0.583. The minimum absolute atomic E-state index is 0.583. The second-order valence-electron chi connectivity index (χ2n) is 5.27. The van der Waals surface area contributed by atoms with Gasteiger partial charge in [0.05, 0.1) is 0 Å². The topological polar surface area (TPSA) is 41.3 Å². The Morgan fingerprint density at radius 2 is 2.13 bits per heavy atom. The molecule has 1 heterocycles. The van der Waals surface area contributed by atoms with Crippen molar-refractivity contribution in [2.24, 2.45) is 23.5 Å². The standard InChI is InChI=1S/C12H27N3/c1-9(2)11(7-13)12(14-3)10-5-6-15(4)8-10/h9-12,14H,5-8,13H2,1-4H3. The van der Waals surface area contributed by atoms with E-state index < -0.39 is 0 Å². The Hall–Kier alpha value is -0.120. The van der Waals surface area contributed by atoms with Crippen LogP contribution < -0.4 is 11.1 Å². The molecule has 3 heteroatoms. The maximum atomic E-state index is 5.90. The second kappa shape index (κ2) is 5.83. The normalized spacial score (nSPS) is 27.2. The largest absolute Gasteiger partial charge is 0.330 e. The molecule has 1 saturated heterocycles. The molecule has 1 aliphatic rings. The Kier molecular flexibility index (Phi) is 5.03. The fraction of sp³-hybridized carbons (Fsp3) is 1.00. The van der Waals surface area contributed by atoms with Gasteiger partial charge in [-0.3, -0.25) is 0 Å². The number of nitrogens with two attached hydrogens (primary N) is 1. The summed E-state index contributed by atoms with van der Waals surface area (Å²) in [6, 6.07) is 0.583. The average Bonchev–Trinajstić information content (AvgIpc) is 2.60. The molecule has 0 aromatic heterocycles. The Bertz CT molecular complexity index is 182. The zero-order valence-corrected chi connectivity index (χ0v) is 10.7. The van der Waals surface area contributed by atoms with Gasteiger partial charge in [0.2, 0.25) is 0 Å². The van der Waals surface area contributed by atoms with Gasteiger partial charge in [-0.2, -0.15) is 0 Å². The Labute approximate surface area is 94.4 Å². The fourth-order valence-electron chi connectivity index (χ4n) is 2.90. The van der Waals surface area contributed by atoms with Gasteiger partial charge < -0.3 is 16.0 Å². The lowest BCUT2D eigenvalue weighted by Gasteiger charge is -2.33. The van der Waals surface area contributed by atoms with E-state index >= 15 is 0 Å². The van der Waals surface area contributed by atoms with Crippen LogP contribution in [0.3, 0.4) is 0 Å². The van der Waals surface area contributed by atoms with E-state index in [0.717, 1.165) is 12.5 Å². The van der Waals surface area contributed by atoms with Crippen LogP contribution in [0.4, 0.5) is 0 Å². The lowest BCUT2D eigenvalue weighted by Crippen LogP contribution is -2.46. The average molecular weight is 213 g/mol. The van der Waals surface area contributed by atoms with Crippen molar-refractivity contribution in [3.8, 4) is 0 Å². The van der Waals surface area contributed by atoms with Gasteiger partial charge in [0.25, 0.3) is 0 Å². The van der Waals surface area contributed by atoms with Crippen LogP contribution in [0.25, 0.3) is 0 Å². The predicted octanol–water partition coefficient (Wildman–Crippen LogP) is 0.757. The molecular formula is C12H27N3. The maximum Gasteiger partial charge on any atom is 0.0148 e. The quantitative estimate of drug-likeness (QED) is 0.708. The van der Waals surface area contributed by atoms with Crippen molar-refractivity contribution >= 4 is 0 Å². The summed E-state index contributed by atoms with van der Waals surface area (Å²) >= 11 is 0. The van der Waals surface area contributed by atoms with Crippen LogP contribution in [0.5, 0.6) is 0 Å². The molecule has 0 aromatic rings. The highest BCUT2D eigenvalue weighted by molar-refractivity contribution is 4.89. The van der Waals surface area contributed by atoms with Gasteiger partial charge in [-0.15, -0.1) is 0 Å². The first-order valence-electron chi connectivity index (χ1n) is 6.16. The number of nitrogens with one attached hydrogen (secondary N) is 1. The molecule has 0 saturated carbocycles. The van der Waals surface area contributed by atoms with Crippen molar-refractivity contribution in [1.29, 1.82) is 0 Å². The van der Waals surface area contributed by atoms with Crippen molar-refractivity contribution < 1.29 is 0 Å². The van der Waals surface area contributed by atoms with Gasteiger partial charge in [-0.25, -0.2) is 0 Å². The first-order chi connectivity index (χ1) is 7.10. The molecular weight excluding hydrogens is 186 g/mol. The van der Waals surface area contributed by atoms with Crippen molar-refractivity contribution in [3.05, 3.63) is 0 Å². The predicted molar refractivity (Wildman–Crippen MR) is 65.8 cm³/mol. The van der Waals surface area contributed by atoms with E-state index in [-0.39, 0.29) is 0 Å². The molecule has 1 fully saturated rings. The molecule has 0 bridgehead atoms. The van der Waals surface area contributed by atoms with E-state index in [1.165, 1.54) is 19.5 Å². The summed E-state index contributed by atoms with van der Waals surface area (Å²) in [6.07, 6.45) is 1.31. The molecule has 0 aromatic carbocycles. The van der Waals surface area contributed by atoms with Crippen LogP contribution in [-0.4, -0.2) is 44.7 Å². The fourth-order valence-corrected chi connectivity index (χ4v) is 2.90. The molecule has 3 N–H and O–H groups in total. The molecule has 0 amide bonds. The van der Waals surface area contributed by atoms with E-state index in [0.29, 0.717) is 17.9 Å². The van der Waals surface area contributed by atoms with Gasteiger partial charge in [-0.05, 0) is 51.4 Å². The minimum Gasteiger partial charge on any atom is -0.330 e. The molecule has 90 valence electrons.